The zero-order valence-electron chi connectivity index (χ0n) is 13.7. The maximum Gasteiger partial charge on any atom is 0.267 e. The Morgan fingerprint density at radius 2 is 2.24 bits per heavy atom. The summed E-state index contributed by atoms with van der Waals surface area (Å²) >= 11 is 3.25. The van der Waals surface area contributed by atoms with E-state index in [4.69, 9.17) is 4.74 Å². The van der Waals surface area contributed by atoms with Crippen molar-refractivity contribution in [3.05, 3.63) is 33.5 Å². The van der Waals surface area contributed by atoms with Gasteiger partial charge in [0.2, 0.25) is 5.13 Å². The molecule has 2 aliphatic heterocycles. The Balaban J connectivity index is 1.39. The number of ether oxygens (including phenoxy) is 1. The summed E-state index contributed by atoms with van der Waals surface area (Å²) in [5.74, 6) is 3.45. The Bertz CT molecular complexity index is 847. The van der Waals surface area contributed by atoms with Crippen molar-refractivity contribution >= 4 is 28.4 Å². The van der Waals surface area contributed by atoms with Crippen molar-refractivity contribution < 1.29 is 4.74 Å². The molecule has 0 radical (unpaired) electrons. The van der Waals surface area contributed by atoms with E-state index in [0.717, 1.165) is 40.1 Å². The Hall–Kier alpha value is -1.45. The average Bonchev–Trinajstić information content (AvgIpc) is 3.20. The second-order valence-corrected chi connectivity index (χ2v) is 8.65. The minimum absolute atomic E-state index is 0.0128. The molecular formula is C16H19N5O2S2. The first-order valence-corrected chi connectivity index (χ1v) is 10.6. The number of hydrogen-bond donors (Lipinski definition) is 1. The normalized spacial score (nSPS) is 25.8. The number of aromatic nitrogens is 4. The molecule has 0 amide bonds. The zero-order chi connectivity index (χ0) is 16.8. The van der Waals surface area contributed by atoms with E-state index in [1.54, 1.807) is 10.7 Å². The lowest BCUT2D eigenvalue weighted by molar-refractivity contribution is 0.182. The van der Waals surface area contributed by atoms with E-state index in [-0.39, 0.29) is 17.6 Å². The highest BCUT2D eigenvalue weighted by atomic mass is 32.2. The number of hydrogen-bond acceptors (Lipinski definition) is 8. The summed E-state index contributed by atoms with van der Waals surface area (Å²) in [5.41, 5.74) is 2.09. The first-order valence-electron chi connectivity index (χ1n) is 8.65. The lowest BCUT2D eigenvalue weighted by Gasteiger charge is -2.22. The van der Waals surface area contributed by atoms with Crippen LogP contribution in [0.4, 0.5) is 5.13 Å². The summed E-state index contributed by atoms with van der Waals surface area (Å²) in [6.45, 7) is 1.04. The van der Waals surface area contributed by atoms with Gasteiger partial charge in [0.25, 0.3) is 5.56 Å². The van der Waals surface area contributed by atoms with Crippen LogP contribution in [-0.2, 0) is 16.9 Å². The van der Waals surface area contributed by atoms with Crippen LogP contribution in [0.5, 0.6) is 0 Å². The number of nitrogens with one attached hydrogen (secondary N) is 1. The molecule has 1 saturated carbocycles. The van der Waals surface area contributed by atoms with Gasteiger partial charge in [0.05, 0.1) is 24.9 Å². The van der Waals surface area contributed by atoms with E-state index in [1.807, 2.05) is 11.8 Å². The molecule has 3 aliphatic rings. The van der Waals surface area contributed by atoms with Gasteiger partial charge in [-0.25, -0.2) is 9.67 Å². The van der Waals surface area contributed by atoms with Crippen LogP contribution in [0.2, 0.25) is 0 Å². The summed E-state index contributed by atoms with van der Waals surface area (Å²) in [6.07, 6.45) is 3.31. The van der Waals surface area contributed by atoms with Crippen LogP contribution >= 0.6 is 23.3 Å². The molecule has 0 spiro atoms. The van der Waals surface area contributed by atoms with Crippen molar-refractivity contribution in [1.29, 1.82) is 0 Å². The minimum Gasteiger partial charge on any atom is -0.377 e. The molecule has 9 heteroatoms. The third-order valence-corrected chi connectivity index (χ3v) is 6.59. The van der Waals surface area contributed by atoms with Crippen LogP contribution < -0.4 is 10.9 Å². The smallest absolute Gasteiger partial charge is 0.267 e. The van der Waals surface area contributed by atoms with Gasteiger partial charge in [0.1, 0.15) is 11.9 Å². The van der Waals surface area contributed by atoms with Gasteiger partial charge in [-0.15, -0.1) is 0 Å². The lowest BCUT2D eigenvalue weighted by atomic mass is 10.1. The van der Waals surface area contributed by atoms with Crippen LogP contribution in [0.3, 0.4) is 0 Å². The summed E-state index contributed by atoms with van der Waals surface area (Å²) in [5, 5.41) is 8.89. The molecule has 2 unspecified atom stereocenters. The molecule has 2 aromatic rings. The second kappa shape index (κ2) is 6.37. The van der Waals surface area contributed by atoms with Gasteiger partial charge >= 0.3 is 0 Å². The summed E-state index contributed by atoms with van der Waals surface area (Å²) in [7, 11) is 0. The Morgan fingerprint density at radius 1 is 1.32 bits per heavy atom. The molecule has 1 saturated heterocycles. The molecule has 4 heterocycles. The number of anilines is 1. The Morgan fingerprint density at radius 3 is 3.12 bits per heavy atom. The fraction of sp³-hybridized carbons (Fsp3) is 0.625. The van der Waals surface area contributed by atoms with Gasteiger partial charge in [-0.1, -0.05) is 0 Å². The highest BCUT2D eigenvalue weighted by molar-refractivity contribution is 7.98. The predicted octanol–water partition coefficient (Wildman–Crippen LogP) is 1.81. The highest BCUT2D eigenvalue weighted by Gasteiger charge is 2.34. The number of aryl methyl sites for hydroxylation is 1. The van der Waals surface area contributed by atoms with Gasteiger partial charge in [-0.3, -0.25) is 4.79 Å². The number of fused-ring (bicyclic) bond motifs is 1. The molecule has 2 fully saturated rings. The third kappa shape index (κ3) is 3.09. The van der Waals surface area contributed by atoms with E-state index in [1.165, 1.54) is 24.4 Å². The topological polar surface area (TPSA) is 81.9 Å². The maximum absolute atomic E-state index is 12.6. The van der Waals surface area contributed by atoms with Crippen LogP contribution in [0, 0.1) is 0 Å². The fourth-order valence-electron chi connectivity index (χ4n) is 3.35. The van der Waals surface area contributed by atoms with E-state index in [9.17, 15) is 4.79 Å². The SMILES string of the molecule is O=c1cc2c(nn1C1COCC1Nc1nc(C3CC3)ns1)CCSC2. The second-order valence-electron chi connectivity index (χ2n) is 6.79. The van der Waals surface area contributed by atoms with Crippen LogP contribution in [-0.4, -0.2) is 44.1 Å². The van der Waals surface area contributed by atoms with Crippen LogP contribution in [0.1, 0.15) is 41.9 Å². The molecule has 5 rings (SSSR count). The minimum atomic E-state index is -0.111. The van der Waals surface area contributed by atoms with Crippen LogP contribution in [0.15, 0.2) is 10.9 Å². The van der Waals surface area contributed by atoms with Gasteiger partial charge in [0.15, 0.2) is 0 Å². The summed E-state index contributed by atoms with van der Waals surface area (Å²) < 4.78 is 11.7. The summed E-state index contributed by atoms with van der Waals surface area (Å²) in [4.78, 5) is 17.1. The van der Waals surface area contributed by atoms with Crippen molar-refractivity contribution in [2.45, 2.75) is 43.0 Å². The first kappa shape index (κ1) is 15.8. The highest BCUT2D eigenvalue weighted by Crippen LogP contribution is 2.39. The van der Waals surface area contributed by atoms with Gasteiger partial charge in [0, 0.05) is 35.7 Å². The monoisotopic (exact) mass is 377 g/mol. The van der Waals surface area contributed by atoms with Crippen molar-refractivity contribution in [3.63, 3.8) is 0 Å². The largest absolute Gasteiger partial charge is 0.377 e. The Labute approximate surface area is 153 Å². The lowest BCUT2D eigenvalue weighted by Crippen LogP contribution is -2.38. The average molecular weight is 377 g/mol. The van der Waals surface area contributed by atoms with Crippen molar-refractivity contribution in [3.8, 4) is 0 Å². The molecule has 0 bridgehead atoms. The predicted molar refractivity (Wildman–Crippen MR) is 97.5 cm³/mol. The van der Waals surface area contributed by atoms with Gasteiger partial charge < -0.3 is 10.1 Å². The summed E-state index contributed by atoms with van der Waals surface area (Å²) in [6, 6.07) is 1.63. The van der Waals surface area contributed by atoms with E-state index in [0.29, 0.717) is 19.1 Å². The molecule has 2 aromatic heterocycles. The number of rotatable bonds is 4. The molecule has 0 aromatic carbocycles. The van der Waals surface area contributed by atoms with E-state index >= 15 is 0 Å². The molecule has 1 aliphatic carbocycles. The molecule has 132 valence electrons. The van der Waals surface area contributed by atoms with E-state index < -0.39 is 0 Å². The van der Waals surface area contributed by atoms with Gasteiger partial charge in [-0.2, -0.15) is 21.2 Å². The van der Waals surface area contributed by atoms with E-state index in [2.05, 4.69) is 19.8 Å². The van der Waals surface area contributed by atoms with Crippen molar-refractivity contribution in [2.24, 2.45) is 0 Å². The van der Waals surface area contributed by atoms with Crippen LogP contribution in [0.25, 0.3) is 0 Å². The van der Waals surface area contributed by atoms with Gasteiger partial charge in [-0.05, 0) is 24.2 Å². The third-order valence-electron chi connectivity index (χ3n) is 4.92. The number of nitrogens with zero attached hydrogens (tertiary/aromatic N) is 4. The first-order chi connectivity index (χ1) is 12.3. The molecule has 1 N–H and O–H groups in total. The van der Waals surface area contributed by atoms with Crippen molar-refractivity contribution in [1.82, 2.24) is 19.1 Å². The zero-order valence-corrected chi connectivity index (χ0v) is 15.3. The fourth-order valence-corrected chi connectivity index (χ4v) is 5.01. The Kier molecular flexibility index (Phi) is 4.02. The molecule has 2 atom stereocenters. The maximum atomic E-state index is 12.6. The molecular weight excluding hydrogens is 358 g/mol. The number of thioether (sulfide) groups is 1. The van der Waals surface area contributed by atoms with Crippen molar-refractivity contribution in [2.75, 3.05) is 24.3 Å². The molecule has 25 heavy (non-hydrogen) atoms. The standard InChI is InChI=1S/C16H19N5O2S2/c22-14-5-10-8-24-4-3-11(10)19-21(14)13-7-23-6-12(13)17-16-18-15(20-25-16)9-1-2-9/h5,9,12-13H,1-4,6-8H2,(H,17,18,20). The quantitative estimate of drug-likeness (QED) is 0.870. The molecule has 7 nitrogen and oxygen atoms in total.